The standard InChI is InChI=1S/C25H27F3N4OS/c1-18(32-16-12-24(33,13-17-32)10-3-11-25(26,27)28)19-6-8-20(9-7-19)31-34-22-5-2-4-21-23(22)30-15-14-29-21/h2,4-9,14-15,31,33H,1,3,10-13,16-17H2. The number of piperidine rings is 1. The topological polar surface area (TPSA) is 61.3 Å². The molecular weight excluding hydrogens is 461 g/mol. The minimum atomic E-state index is -4.17. The SMILES string of the molecule is C=C(c1ccc(NSc2cccc3nccnc23)cc1)N1CCC(O)(CCCC(F)(F)F)CC1. The quantitative estimate of drug-likeness (QED) is 0.364. The van der Waals surface area contributed by atoms with Crippen molar-refractivity contribution in [2.45, 2.75) is 48.8 Å². The number of aromatic nitrogens is 2. The molecule has 5 nitrogen and oxygen atoms in total. The van der Waals surface area contributed by atoms with Crippen LogP contribution in [0, 0.1) is 0 Å². The van der Waals surface area contributed by atoms with E-state index < -0.39 is 18.2 Å². The minimum absolute atomic E-state index is 0.0429. The van der Waals surface area contributed by atoms with Gasteiger partial charge in [0.1, 0.15) is 5.52 Å². The van der Waals surface area contributed by atoms with E-state index in [9.17, 15) is 18.3 Å². The third-order valence-electron chi connectivity index (χ3n) is 6.14. The van der Waals surface area contributed by atoms with E-state index in [1.807, 2.05) is 42.5 Å². The van der Waals surface area contributed by atoms with Crippen LogP contribution < -0.4 is 4.72 Å². The van der Waals surface area contributed by atoms with Crippen LogP contribution >= 0.6 is 11.9 Å². The number of hydrogen-bond acceptors (Lipinski definition) is 6. The maximum atomic E-state index is 12.4. The van der Waals surface area contributed by atoms with Crippen LogP contribution in [0.25, 0.3) is 16.7 Å². The van der Waals surface area contributed by atoms with Gasteiger partial charge in [0.15, 0.2) is 0 Å². The third kappa shape index (κ3) is 6.21. The Labute approximate surface area is 201 Å². The fourth-order valence-corrected chi connectivity index (χ4v) is 4.90. The van der Waals surface area contributed by atoms with Gasteiger partial charge in [0.2, 0.25) is 0 Å². The first-order valence-electron chi connectivity index (χ1n) is 11.2. The fourth-order valence-electron chi connectivity index (χ4n) is 4.14. The average Bonchev–Trinajstić information content (AvgIpc) is 2.82. The van der Waals surface area contributed by atoms with E-state index in [-0.39, 0.29) is 12.8 Å². The minimum Gasteiger partial charge on any atom is -0.390 e. The summed E-state index contributed by atoms with van der Waals surface area (Å²) in [5, 5.41) is 10.7. The lowest BCUT2D eigenvalue weighted by Gasteiger charge is -2.40. The van der Waals surface area contributed by atoms with Crippen molar-refractivity contribution in [3.05, 3.63) is 67.0 Å². The molecule has 1 saturated heterocycles. The largest absolute Gasteiger partial charge is 0.390 e. The van der Waals surface area contributed by atoms with E-state index in [0.29, 0.717) is 25.9 Å². The van der Waals surface area contributed by atoms with Crippen molar-refractivity contribution in [2.24, 2.45) is 0 Å². The van der Waals surface area contributed by atoms with Crippen molar-refractivity contribution in [3.63, 3.8) is 0 Å². The lowest BCUT2D eigenvalue weighted by atomic mass is 9.86. The van der Waals surface area contributed by atoms with Crippen molar-refractivity contribution in [2.75, 3.05) is 17.8 Å². The number of rotatable bonds is 8. The van der Waals surface area contributed by atoms with Gasteiger partial charge in [-0.15, -0.1) is 0 Å². The highest BCUT2D eigenvalue weighted by Gasteiger charge is 2.34. The number of nitrogens with one attached hydrogen (secondary N) is 1. The van der Waals surface area contributed by atoms with Crippen LogP contribution in [0.1, 0.15) is 37.7 Å². The molecule has 4 rings (SSSR count). The van der Waals surface area contributed by atoms with E-state index in [1.165, 1.54) is 11.9 Å². The predicted octanol–water partition coefficient (Wildman–Crippen LogP) is 6.28. The predicted molar refractivity (Wildman–Crippen MR) is 130 cm³/mol. The molecule has 0 spiro atoms. The maximum absolute atomic E-state index is 12.4. The van der Waals surface area contributed by atoms with Gasteiger partial charge in [0.25, 0.3) is 0 Å². The molecule has 2 N–H and O–H groups in total. The number of para-hydroxylation sites is 1. The Morgan fingerprint density at radius 3 is 2.50 bits per heavy atom. The van der Waals surface area contributed by atoms with Gasteiger partial charge in [-0.1, -0.05) is 24.8 Å². The monoisotopic (exact) mass is 488 g/mol. The number of fused-ring (bicyclic) bond motifs is 1. The van der Waals surface area contributed by atoms with Crippen LogP contribution in [0.15, 0.2) is 66.3 Å². The Balaban J connectivity index is 1.29. The van der Waals surface area contributed by atoms with E-state index in [2.05, 4.69) is 26.2 Å². The van der Waals surface area contributed by atoms with Gasteiger partial charge in [-0.05, 0) is 67.5 Å². The van der Waals surface area contributed by atoms with Gasteiger partial charge in [-0.2, -0.15) is 13.2 Å². The highest BCUT2D eigenvalue weighted by atomic mass is 32.2. The molecule has 0 bridgehead atoms. The number of nitrogens with zero attached hydrogens (tertiary/aromatic N) is 3. The molecule has 9 heteroatoms. The Morgan fingerprint density at radius 2 is 1.79 bits per heavy atom. The van der Waals surface area contributed by atoms with Crippen molar-refractivity contribution in [3.8, 4) is 0 Å². The van der Waals surface area contributed by atoms with Gasteiger partial charge in [-0.3, -0.25) is 9.97 Å². The molecule has 2 aromatic carbocycles. The molecule has 0 atom stereocenters. The molecule has 0 aliphatic carbocycles. The summed E-state index contributed by atoms with van der Waals surface area (Å²) < 4.78 is 40.5. The molecule has 0 saturated carbocycles. The van der Waals surface area contributed by atoms with Crippen LogP contribution in [0.2, 0.25) is 0 Å². The molecule has 3 aromatic rings. The lowest BCUT2D eigenvalue weighted by Crippen LogP contribution is -2.43. The number of aliphatic hydroxyl groups is 1. The molecule has 1 fully saturated rings. The summed E-state index contributed by atoms with van der Waals surface area (Å²) in [6.07, 6.45) is -0.663. The molecule has 1 aliphatic rings. The fraction of sp³-hybridized carbons (Fsp3) is 0.360. The Bertz CT molecular complexity index is 1120. The smallest absolute Gasteiger partial charge is 0.389 e. The van der Waals surface area contributed by atoms with Crippen LogP contribution in [0.4, 0.5) is 18.9 Å². The van der Waals surface area contributed by atoms with E-state index in [1.54, 1.807) is 12.4 Å². The molecule has 0 amide bonds. The highest BCUT2D eigenvalue weighted by Crippen LogP contribution is 2.33. The second kappa shape index (κ2) is 10.2. The summed E-state index contributed by atoms with van der Waals surface area (Å²) in [6, 6.07) is 13.8. The molecule has 1 aliphatic heterocycles. The number of hydrogen-bond donors (Lipinski definition) is 2. The molecule has 0 radical (unpaired) electrons. The normalized spacial score (nSPS) is 15.9. The van der Waals surface area contributed by atoms with Gasteiger partial charge in [-0.25, -0.2) is 0 Å². The Hall–Kier alpha value is -2.78. The van der Waals surface area contributed by atoms with E-state index >= 15 is 0 Å². The summed E-state index contributed by atoms with van der Waals surface area (Å²) in [5.41, 5.74) is 3.40. The van der Waals surface area contributed by atoms with E-state index in [0.717, 1.165) is 32.9 Å². The number of benzene rings is 2. The van der Waals surface area contributed by atoms with E-state index in [4.69, 9.17) is 0 Å². The maximum Gasteiger partial charge on any atom is 0.389 e. The summed E-state index contributed by atoms with van der Waals surface area (Å²) in [6.45, 7) is 5.34. The summed E-state index contributed by atoms with van der Waals surface area (Å²) in [4.78, 5) is 11.8. The van der Waals surface area contributed by atoms with Gasteiger partial charge >= 0.3 is 6.18 Å². The van der Waals surface area contributed by atoms with Crippen molar-refractivity contribution >= 4 is 34.4 Å². The lowest BCUT2D eigenvalue weighted by molar-refractivity contribution is -0.138. The molecule has 0 unspecified atom stereocenters. The summed E-state index contributed by atoms with van der Waals surface area (Å²) in [5.74, 6) is 0. The van der Waals surface area contributed by atoms with Gasteiger partial charge in [0.05, 0.1) is 16.0 Å². The van der Waals surface area contributed by atoms with Gasteiger partial charge < -0.3 is 14.7 Å². The number of alkyl halides is 3. The first-order chi connectivity index (χ1) is 16.2. The zero-order valence-corrected chi connectivity index (χ0v) is 19.5. The summed E-state index contributed by atoms with van der Waals surface area (Å²) in [7, 11) is 0. The number of likely N-dealkylation sites (tertiary alicyclic amines) is 1. The third-order valence-corrected chi connectivity index (χ3v) is 7.02. The second-order valence-corrected chi connectivity index (χ2v) is 9.44. The van der Waals surface area contributed by atoms with Crippen LogP contribution in [0.5, 0.6) is 0 Å². The summed E-state index contributed by atoms with van der Waals surface area (Å²) >= 11 is 1.47. The van der Waals surface area contributed by atoms with Gasteiger partial charge in [0, 0.05) is 43.3 Å². The molecular formula is C25H27F3N4OS. The second-order valence-electron chi connectivity index (χ2n) is 8.59. The van der Waals surface area contributed by atoms with Crippen LogP contribution in [-0.4, -0.2) is 44.8 Å². The molecule has 1 aromatic heterocycles. The first-order valence-corrected chi connectivity index (χ1v) is 12.0. The van der Waals surface area contributed by atoms with Crippen LogP contribution in [0.3, 0.4) is 0 Å². The average molecular weight is 489 g/mol. The first kappa shape index (κ1) is 24.3. The highest BCUT2D eigenvalue weighted by molar-refractivity contribution is 8.00. The number of anilines is 1. The zero-order valence-electron chi connectivity index (χ0n) is 18.7. The van der Waals surface area contributed by atoms with Crippen molar-refractivity contribution < 1.29 is 18.3 Å². The molecule has 2 heterocycles. The Kier molecular flexibility index (Phi) is 7.33. The van der Waals surface area contributed by atoms with Crippen molar-refractivity contribution in [1.29, 1.82) is 0 Å². The Morgan fingerprint density at radius 1 is 1.09 bits per heavy atom. The molecule has 180 valence electrons. The molecule has 34 heavy (non-hydrogen) atoms. The zero-order chi connectivity index (χ0) is 24.2. The van der Waals surface area contributed by atoms with Crippen LogP contribution in [-0.2, 0) is 0 Å². The number of halogens is 3. The van der Waals surface area contributed by atoms with Crippen molar-refractivity contribution in [1.82, 2.24) is 14.9 Å².